The van der Waals surface area contributed by atoms with Crippen molar-refractivity contribution >= 4 is 27.2 Å². The molecular formula is C24H28O9P2. The maximum atomic E-state index is 12.6. The highest BCUT2D eigenvalue weighted by Crippen LogP contribution is 2.56. The average Bonchev–Trinajstić information content (AvgIpc) is 2.80. The summed E-state index contributed by atoms with van der Waals surface area (Å²) in [4.78, 5) is 51.8. The van der Waals surface area contributed by atoms with E-state index in [4.69, 9.17) is 14.5 Å². The Kier molecular flexibility index (Phi) is 10.5. The van der Waals surface area contributed by atoms with Crippen LogP contribution >= 0.6 is 15.4 Å². The number of carbonyl (C=O) groups excluding carboxylic acids is 2. The van der Waals surface area contributed by atoms with Crippen molar-refractivity contribution in [3.8, 4) is 0 Å². The smallest absolute Gasteiger partial charge is 0.458 e. The number of rotatable bonds is 12. The second kappa shape index (κ2) is 12.9. The van der Waals surface area contributed by atoms with Gasteiger partial charge in [-0.3, -0.25) is 9.36 Å². The average molecular weight is 522 g/mol. The third-order valence-corrected chi connectivity index (χ3v) is 7.28. The molecule has 0 spiro atoms. The number of hydrogen-bond donors (Lipinski definition) is 3. The summed E-state index contributed by atoms with van der Waals surface area (Å²) in [7, 11) is -9.48. The van der Waals surface area contributed by atoms with Gasteiger partial charge in [-0.05, 0) is 44.4 Å². The van der Waals surface area contributed by atoms with E-state index in [1.165, 1.54) is 12.1 Å². The van der Waals surface area contributed by atoms with Crippen LogP contribution in [0, 0.1) is 0 Å². The molecule has 2 aromatic carbocycles. The van der Waals surface area contributed by atoms with Gasteiger partial charge in [0, 0.05) is 11.1 Å². The lowest BCUT2D eigenvalue weighted by atomic mass is 10.0. The summed E-state index contributed by atoms with van der Waals surface area (Å²) in [6.07, 6.45) is 3.80. The van der Waals surface area contributed by atoms with Gasteiger partial charge < -0.3 is 19.4 Å². The topological polar surface area (TPSA) is 147 Å². The highest BCUT2D eigenvalue weighted by Gasteiger charge is 2.29. The highest BCUT2D eigenvalue weighted by atomic mass is 31.3. The van der Waals surface area contributed by atoms with Crippen molar-refractivity contribution in [1.29, 1.82) is 0 Å². The minimum atomic E-state index is -5.05. The van der Waals surface area contributed by atoms with E-state index in [0.717, 1.165) is 11.1 Å². The molecule has 0 aromatic heterocycles. The summed E-state index contributed by atoms with van der Waals surface area (Å²) in [6, 6.07) is 15.1. The quantitative estimate of drug-likeness (QED) is 0.151. The van der Waals surface area contributed by atoms with Gasteiger partial charge in [0.15, 0.2) is 5.78 Å². The van der Waals surface area contributed by atoms with Crippen LogP contribution in [0.4, 0.5) is 0 Å². The molecule has 9 nitrogen and oxygen atoms in total. The van der Waals surface area contributed by atoms with E-state index in [1.54, 1.807) is 56.3 Å². The Balaban J connectivity index is 1.85. The Morgan fingerprint density at radius 3 is 2.14 bits per heavy atom. The van der Waals surface area contributed by atoms with Gasteiger partial charge in [0.05, 0.1) is 11.7 Å². The van der Waals surface area contributed by atoms with Gasteiger partial charge >= 0.3 is 21.4 Å². The first-order valence-corrected chi connectivity index (χ1v) is 13.9. The molecule has 0 radical (unpaired) electrons. The van der Waals surface area contributed by atoms with Crippen molar-refractivity contribution in [2.45, 2.75) is 26.7 Å². The van der Waals surface area contributed by atoms with Gasteiger partial charge in [-0.15, -0.1) is 0 Å². The van der Waals surface area contributed by atoms with Gasteiger partial charge in [-0.25, -0.2) is 13.7 Å². The Bertz CT molecular complexity index is 1200. The molecule has 0 aliphatic carbocycles. The monoisotopic (exact) mass is 522 g/mol. The molecule has 1 atom stereocenters. The summed E-state index contributed by atoms with van der Waals surface area (Å²) in [6.45, 7) is 3.56. The first kappa shape index (κ1) is 28.6. The lowest BCUT2D eigenvalue weighted by Gasteiger charge is -2.11. The minimum Gasteiger partial charge on any atom is -0.458 e. The van der Waals surface area contributed by atoms with Crippen molar-refractivity contribution in [2.24, 2.45) is 0 Å². The third-order valence-electron chi connectivity index (χ3n) is 4.76. The van der Waals surface area contributed by atoms with E-state index < -0.39 is 27.5 Å². The zero-order chi connectivity index (χ0) is 26.1. The zero-order valence-electron chi connectivity index (χ0n) is 19.4. The first-order valence-electron chi connectivity index (χ1n) is 10.6. The minimum absolute atomic E-state index is 0.0560. The largest absolute Gasteiger partial charge is 0.476 e. The number of carbonyl (C=O) groups is 2. The van der Waals surface area contributed by atoms with Gasteiger partial charge in [-0.2, -0.15) is 0 Å². The zero-order valence-corrected chi connectivity index (χ0v) is 21.2. The second-order valence-electron chi connectivity index (χ2n) is 7.88. The van der Waals surface area contributed by atoms with Crippen LogP contribution in [-0.4, -0.2) is 39.2 Å². The molecule has 0 saturated carbocycles. The second-order valence-corrected chi connectivity index (χ2v) is 11.2. The SMILES string of the molecule is C/C(=C\CP(=O)(O)OP(=O)(O)O)CC/C=C(\C)COC(=O)c1cccc(C(=O)c2ccccc2)c1. The Hall–Kier alpha value is -2.64. The van der Waals surface area contributed by atoms with Gasteiger partial charge in [-0.1, -0.05) is 60.2 Å². The number of ether oxygens (including phenoxy) is 1. The molecule has 0 heterocycles. The normalized spacial score (nSPS) is 14.3. The summed E-state index contributed by atoms with van der Waals surface area (Å²) < 4.78 is 31.6. The van der Waals surface area contributed by atoms with E-state index in [1.807, 2.05) is 12.1 Å². The molecule has 2 aromatic rings. The maximum absolute atomic E-state index is 12.6. The summed E-state index contributed by atoms with van der Waals surface area (Å²) in [5.74, 6) is -0.745. The lowest BCUT2D eigenvalue weighted by molar-refractivity contribution is 0.0539. The van der Waals surface area contributed by atoms with Crippen LogP contribution in [0.15, 0.2) is 77.9 Å². The summed E-state index contributed by atoms with van der Waals surface area (Å²) in [5, 5.41) is 0. The fraction of sp³-hybridized carbons (Fsp3) is 0.250. The summed E-state index contributed by atoms with van der Waals surface area (Å²) >= 11 is 0. The van der Waals surface area contributed by atoms with Crippen LogP contribution in [0.25, 0.3) is 0 Å². The highest BCUT2D eigenvalue weighted by molar-refractivity contribution is 7.63. The lowest BCUT2D eigenvalue weighted by Crippen LogP contribution is -2.09. The van der Waals surface area contributed by atoms with Crippen molar-refractivity contribution in [3.05, 3.63) is 94.6 Å². The van der Waals surface area contributed by atoms with Crippen molar-refractivity contribution in [1.82, 2.24) is 0 Å². The van der Waals surface area contributed by atoms with E-state index in [9.17, 15) is 23.6 Å². The predicted molar refractivity (Wildman–Crippen MR) is 131 cm³/mol. The van der Waals surface area contributed by atoms with Crippen LogP contribution in [0.3, 0.4) is 0 Å². The molecule has 0 saturated heterocycles. The standard InChI is InChI=1S/C24H28O9P2/c1-18(14-15-34(27,28)33-35(29,30)31)8-6-9-19(2)17-32-24(26)22-13-7-12-21(16-22)23(25)20-10-4-3-5-11-20/h3-5,7,9-14,16H,6,8,15,17H2,1-2H3,(H,27,28)(H2,29,30,31)/b18-14+,19-9+. The van der Waals surface area contributed by atoms with E-state index >= 15 is 0 Å². The van der Waals surface area contributed by atoms with Crippen molar-refractivity contribution in [2.75, 3.05) is 12.8 Å². The Morgan fingerprint density at radius 1 is 0.857 bits per heavy atom. The Morgan fingerprint density at radius 2 is 1.49 bits per heavy atom. The van der Waals surface area contributed by atoms with Gasteiger partial charge in [0.1, 0.15) is 6.61 Å². The van der Waals surface area contributed by atoms with Crippen LogP contribution in [0.1, 0.15) is 53.0 Å². The summed E-state index contributed by atoms with van der Waals surface area (Å²) in [5.41, 5.74) is 2.70. The first-order chi connectivity index (χ1) is 16.4. The van der Waals surface area contributed by atoms with Crippen molar-refractivity contribution in [3.63, 3.8) is 0 Å². The molecular weight excluding hydrogens is 494 g/mol. The molecule has 0 bridgehead atoms. The molecule has 35 heavy (non-hydrogen) atoms. The number of phosphoric acid groups is 1. The van der Waals surface area contributed by atoms with Crippen molar-refractivity contribution < 1.29 is 42.4 Å². The van der Waals surface area contributed by atoms with Gasteiger partial charge in [0.25, 0.3) is 0 Å². The maximum Gasteiger partial charge on any atom is 0.476 e. The molecule has 3 N–H and O–H groups in total. The van der Waals surface area contributed by atoms with Crippen LogP contribution < -0.4 is 0 Å². The molecule has 0 aliphatic rings. The third kappa shape index (κ3) is 10.7. The van der Waals surface area contributed by atoms with Crippen LogP contribution in [0.5, 0.6) is 0 Å². The number of benzene rings is 2. The number of ketones is 1. The molecule has 0 amide bonds. The number of hydrogen-bond acceptors (Lipinski definition) is 6. The predicted octanol–water partition coefficient (Wildman–Crippen LogP) is 5.04. The molecule has 188 valence electrons. The van der Waals surface area contributed by atoms with Crippen LogP contribution in [0.2, 0.25) is 0 Å². The fourth-order valence-electron chi connectivity index (χ4n) is 2.98. The fourth-order valence-corrected chi connectivity index (χ4v) is 5.12. The van der Waals surface area contributed by atoms with Crippen LogP contribution in [-0.2, 0) is 18.2 Å². The number of allylic oxidation sites excluding steroid dienone is 3. The molecule has 0 fully saturated rings. The van der Waals surface area contributed by atoms with E-state index in [2.05, 4.69) is 4.31 Å². The van der Waals surface area contributed by atoms with Gasteiger partial charge in [0.2, 0.25) is 0 Å². The van der Waals surface area contributed by atoms with E-state index in [0.29, 0.717) is 24.0 Å². The molecule has 0 aliphatic heterocycles. The number of esters is 1. The Labute approximate surface area is 203 Å². The molecule has 2 rings (SSSR count). The molecule has 1 unspecified atom stereocenters. The van der Waals surface area contributed by atoms with E-state index in [-0.39, 0.29) is 18.0 Å². The molecule has 11 heteroatoms.